The zero-order valence-electron chi connectivity index (χ0n) is 8.52. The number of nitriles is 1. The monoisotopic (exact) mass is 228 g/mol. The molecule has 3 heteroatoms. The van der Waals surface area contributed by atoms with Gasteiger partial charge in [0.15, 0.2) is 0 Å². The van der Waals surface area contributed by atoms with Gasteiger partial charge in [0, 0.05) is 23.0 Å². The summed E-state index contributed by atoms with van der Waals surface area (Å²) in [5, 5.41) is 9.42. The van der Waals surface area contributed by atoms with Gasteiger partial charge in [-0.2, -0.15) is 5.26 Å². The molecule has 1 aromatic carbocycles. The molecule has 0 unspecified atom stereocenters. The zero-order chi connectivity index (χ0) is 11.4. The van der Waals surface area contributed by atoms with Crippen LogP contribution in [0.1, 0.15) is 5.56 Å². The molecule has 2 aromatic rings. The van der Waals surface area contributed by atoms with Gasteiger partial charge < -0.3 is 0 Å². The number of nitrogens with zero attached hydrogens (tertiary/aromatic N) is 2. The molecule has 0 aliphatic heterocycles. The summed E-state index contributed by atoms with van der Waals surface area (Å²) < 4.78 is 0. The van der Waals surface area contributed by atoms with Crippen molar-refractivity contribution >= 4 is 11.6 Å². The predicted molar refractivity (Wildman–Crippen MR) is 64.0 cm³/mol. The Morgan fingerprint density at radius 3 is 2.81 bits per heavy atom. The van der Waals surface area contributed by atoms with Crippen LogP contribution in [0.5, 0.6) is 0 Å². The number of pyridine rings is 1. The molecule has 0 atom stereocenters. The maximum atomic E-state index is 8.79. The van der Waals surface area contributed by atoms with Crippen molar-refractivity contribution in [3.8, 4) is 17.2 Å². The lowest BCUT2D eigenvalue weighted by atomic mass is 9.99. The van der Waals surface area contributed by atoms with Gasteiger partial charge in [0.1, 0.15) is 0 Å². The van der Waals surface area contributed by atoms with Crippen molar-refractivity contribution in [1.82, 2.24) is 4.98 Å². The topological polar surface area (TPSA) is 36.7 Å². The largest absolute Gasteiger partial charge is 0.264 e. The van der Waals surface area contributed by atoms with Gasteiger partial charge in [-0.25, -0.2) is 0 Å². The van der Waals surface area contributed by atoms with E-state index in [4.69, 9.17) is 16.9 Å². The Bertz CT molecular complexity index is 529. The van der Waals surface area contributed by atoms with E-state index in [1.54, 1.807) is 18.5 Å². The molecule has 1 heterocycles. The van der Waals surface area contributed by atoms with E-state index in [-0.39, 0.29) is 0 Å². The quantitative estimate of drug-likeness (QED) is 0.789. The van der Waals surface area contributed by atoms with Crippen molar-refractivity contribution in [3.05, 3.63) is 53.3 Å². The number of aromatic nitrogens is 1. The number of halogens is 1. The third-order valence-corrected chi connectivity index (χ3v) is 2.70. The lowest BCUT2D eigenvalue weighted by molar-refractivity contribution is 1.25. The molecule has 0 spiro atoms. The summed E-state index contributed by atoms with van der Waals surface area (Å²) in [5.74, 6) is 0. The first-order valence-corrected chi connectivity index (χ1v) is 5.25. The zero-order valence-corrected chi connectivity index (χ0v) is 9.28. The Labute approximate surface area is 99.1 Å². The number of hydrogen-bond acceptors (Lipinski definition) is 2. The van der Waals surface area contributed by atoms with Gasteiger partial charge in [-0.05, 0) is 23.3 Å². The van der Waals surface area contributed by atoms with Crippen molar-refractivity contribution in [2.45, 2.75) is 6.42 Å². The summed E-state index contributed by atoms with van der Waals surface area (Å²) in [6.07, 6.45) is 3.80. The molecular weight excluding hydrogens is 220 g/mol. The third kappa shape index (κ3) is 2.05. The highest BCUT2D eigenvalue weighted by atomic mass is 35.5. The SMILES string of the molecule is N#CCc1c(Cl)cccc1-c1cccnc1. The fourth-order valence-electron chi connectivity index (χ4n) is 1.61. The first kappa shape index (κ1) is 10.7. The number of benzene rings is 1. The van der Waals surface area contributed by atoms with Gasteiger partial charge >= 0.3 is 0 Å². The molecule has 2 rings (SSSR count). The maximum absolute atomic E-state index is 8.79. The van der Waals surface area contributed by atoms with Crippen molar-refractivity contribution in [3.63, 3.8) is 0 Å². The minimum atomic E-state index is 0.309. The van der Waals surface area contributed by atoms with Crippen molar-refractivity contribution in [1.29, 1.82) is 5.26 Å². The second-order valence-electron chi connectivity index (χ2n) is 3.34. The molecule has 0 aliphatic carbocycles. The minimum absolute atomic E-state index is 0.309. The fourth-order valence-corrected chi connectivity index (χ4v) is 1.85. The second kappa shape index (κ2) is 4.78. The van der Waals surface area contributed by atoms with Gasteiger partial charge in [-0.15, -0.1) is 0 Å². The molecule has 0 radical (unpaired) electrons. The summed E-state index contributed by atoms with van der Waals surface area (Å²) in [4.78, 5) is 4.07. The van der Waals surface area contributed by atoms with E-state index in [1.165, 1.54) is 0 Å². The van der Waals surface area contributed by atoms with Crippen LogP contribution in [-0.4, -0.2) is 4.98 Å². The lowest BCUT2D eigenvalue weighted by Crippen LogP contribution is -1.90. The Morgan fingerprint density at radius 1 is 1.25 bits per heavy atom. The average molecular weight is 229 g/mol. The van der Waals surface area contributed by atoms with Crippen molar-refractivity contribution in [2.75, 3.05) is 0 Å². The highest BCUT2D eigenvalue weighted by molar-refractivity contribution is 6.31. The van der Waals surface area contributed by atoms with Crippen LogP contribution in [0.15, 0.2) is 42.7 Å². The second-order valence-corrected chi connectivity index (χ2v) is 3.75. The molecule has 78 valence electrons. The van der Waals surface area contributed by atoms with Crippen LogP contribution in [-0.2, 0) is 6.42 Å². The van der Waals surface area contributed by atoms with E-state index in [0.717, 1.165) is 16.7 Å². The number of rotatable bonds is 2. The highest BCUT2D eigenvalue weighted by Crippen LogP contribution is 2.28. The molecule has 0 saturated heterocycles. The number of hydrogen-bond donors (Lipinski definition) is 0. The van der Waals surface area contributed by atoms with E-state index in [2.05, 4.69) is 11.1 Å². The van der Waals surface area contributed by atoms with Gasteiger partial charge in [-0.3, -0.25) is 4.98 Å². The molecule has 0 aliphatic rings. The first-order valence-electron chi connectivity index (χ1n) is 4.87. The van der Waals surface area contributed by atoms with Gasteiger partial charge in [-0.1, -0.05) is 29.8 Å². The van der Waals surface area contributed by atoms with Crippen LogP contribution in [0, 0.1) is 11.3 Å². The highest BCUT2D eigenvalue weighted by Gasteiger charge is 2.08. The molecule has 0 saturated carbocycles. The van der Waals surface area contributed by atoms with Crippen LogP contribution < -0.4 is 0 Å². The van der Waals surface area contributed by atoms with Crippen LogP contribution in [0.3, 0.4) is 0 Å². The normalized spacial score (nSPS) is 9.75. The molecule has 2 nitrogen and oxygen atoms in total. The van der Waals surface area contributed by atoms with Crippen LogP contribution in [0.25, 0.3) is 11.1 Å². The summed E-state index contributed by atoms with van der Waals surface area (Å²) in [7, 11) is 0. The molecular formula is C13H9ClN2. The first-order chi connectivity index (χ1) is 7.83. The van der Waals surface area contributed by atoms with Crippen LogP contribution >= 0.6 is 11.6 Å². The molecule has 0 fully saturated rings. The van der Waals surface area contributed by atoms with Gasteiger partial charge in [0.25, 0.3) is 0 Å². The van der Waals surface area contributed by atoms with E-state index in [0.29, 0.717) is 11.4 Å². The molecule has 0 N–H and O–H groups in total. The lowest BCUT2D eigenvalue weighted by Gasteiger charge is -2.08. The molecule has 16 heavy (non-hydrogen) atoms. The standard InChI is InChI=1S/C13H9ClN2/c14-13-5-1-4-11(12(13)6-7-15)10-3-2-8-16-9-10/h1-5,8-9H,6H2. The van der Waals surface area contributed by atoms with E-state index in [1.807, 2.05) is 24.3 Å². The smallest absolute Gasteiger partial charge is 0.0670 e. The minimum Gasteiger partial charge on any atom is -0.264 e. The Hall–Kier alpha value is -1.85. The summed E-state index contributed by atoms with van der Waals surface area (Å²) >= 11 is 6.09. The molecule has 0 bridgehead atoms. The van der Waals surface area contributed by atoms with Gasteiger partial charge in [0.05, 0.1) is 12.5 Å². The summed E-state index contributed by atoms with van der Waals surface area (Å²) in [6, 6.07) is 11.6. The molecule has 0 amide bonds. The van der Waals surface area contributed by atoms with Crippen LogP contribution in [0.2, 0.25) is 5.02 Å². The van der Waals surface area contributed by atoms with E-state index in [9.17, 15) is 0 Å². The van der Waals surface area contributed by atoms with Crippen molar-refractivity contribution < 1.29 is 0 Å². The van der Waals surface area contributed by atoms with E-state index < -0.39 is 0 Å². The van der Waals surface area contributed by atoms with Crippen molar-refractivity contribution in [2.24, 2.45) is 0 Å². The predicted octanol–water partition coefficient (Wildman–Crippen LogP) is 3.47. The molecule has 1 aromatic heterocycles. The summed E-state index contributed by atoms with van der Waals surface area (Å²) in [5.41, 5.74) is 2.82. The Kier molecular flexibility index (Phi) is 3.19. The summed E-state index contributed by atoms with van der Waals surface area (Å²) in [6.45, 7) is 0. The Morgan fingerprint density at radius 2 is 2.12 bits per heavy atom. The third-order valence-electron chi connectivity index (χ3n) is 2.35. The van der Waals surface area contributed by atoms with Crippen LogP contribution in [0.4, 0.5) is 0 Å². The Balaban J connectivity index is 2.57. The maximum Gasteiger partial charge on any atom is 0.0670 e. The fraction of sp³-hybridized carbons (Fsp3) is 0.0769. The van der Waals surface area contributed by atoms with Gasteiger partial charge in [0.2, 0.25) is 0 Å². The average Bonchev–Trinajstić information content (AvgIpc) is 2.33. The van der Waals surface area contributed by atoms with E-state index >= 15 is 0 Å².